The maximum Gasteiger partial charge on any atom is 0.410 e. The van der Waals surface area contributed by atoms with E-state index in [2.05, 4.69) is 0 Å². The van der Waals surface area contributed by atoms with Crippen LogP contribution in [0.5, 0.6) is 0 Å². The van der Waals surface area contributed by atoms with Gasteiger partial charge in [0.05, 0.1) is 12.7 Å². The van der Waals surface area contributed by atoms with Crippen molar-refractivity contribution in [2.24, 2.45) is 5.41 Å². The fourth-order valence-corrected chi connectivity index (χ4v) is 3.85. The van der Waals surface area contributed by atoms with Crippen molar-refractivity contribution in [3.63, 3.8) is 0 Å². The number of carbonyl (C=O) groups excluding carboxylic acids is 3. The van der Waals surface area contributed by atoms with Gasteiger partial charge in [-0.05, 0) is 57.9 Å². The van der Waals surface area contributed by atoms with Crippen LogP contribution in [0.15, 0.2) is 24.3 Å². The van der Waals surface area contributed by atoms with Crippen LogP contribution in [0.25, 0.3) is 0 Å². The Morgan fingerprint density at radius 1 is 1.07 bits per heavy atom. The highest BCUT2D eigenvalue weighted by Gasteiger charge is 2.46. The molecule has 1 spiro atoms. The highest BCUT2D eigenvalue weighted by Crippen LogP contribution is 2.42. The van der Waals surface area contributed by atoms with Crippen molar-refractivity contribution in [2.45, 2.75) is 45.6 Å². The molecule has 2 fully saturated rings. The van der Waals surface area contributed by atoms with Gasteiger partial charge in [0.2, 0.25) is 5.91 Å². The molecule has 1 aromatic rings. The molecule has 7 heteroatoms. The first-order chi connectivity index (χ1) is 13.1. The summed E-state index contributed by atoms with van der Waals surface area (Å²) in [7, 11) is 1.34. The average Bonchev–Trinajstić information content (AvgIpc) is 2.96. The Kier molecular flexibility index (Phi) is 5.37. The minimum Gasteiger partial charge on any atom is -0.465 e. The molecule has 0 unspecified atom stereocenters. The highest BCUT2D eigenvalue weighted by atomic mass is 16.6. The van der Waals surface area contributed by atoms with Crippen molar-refractivity contribution < 1.29 is 23.9 Å². The van der Waals surface area contributed by atoms with Crippen LogP contribution in [-0.4, -0.2) is 55.2 Å². The highest BCUT2D eigenvalue weighted by molar-refractivity contribution is 5.97. The molecule has 152 valence electrons. The molecule has 0 atom stereocenters. The Morgan fingerprint density at radius 2 is 1.68 bits per heavy atom. The lowest BCUT2D eigenvalue weighted by atomic mass is 9.78. The number of carbonyl (C=O) groups is 3. The third-order valence-electron chi connectivity index (χ3n) is 5.40. The van der Waals surface area contributed by atoms with Gasteiger partial charge in [-0.1, -0.05) is 0 Å². The van der Waals surface area contributed by atoms with E-state index in [0.29, 0.717) is 31.6 Å². The standard InChI is InChI=1S/C21H28N2O5/c1-20(2,3)28-19(26)22-11-9-21(10-12-22)13-17(24)23(14-21)16-7-5-15(6-8-16)18(25)27-4/h5-8H,9-14H2,1-4H3. The van der Waals surface area contributed by atoms with E-state index >= 15 is 0 Å². The SMILES string of the molecule is COC(=O)c1ccc(N2CC3(CCN(C(=O)OC(C)(C)C)CC3)CC2=O)cc1. The van der Waals surface area contributed by atoms with E-state index < -0.39 is 11.6 Å². The molecule has 1 aromatic carbocycles. The summed E-state index contributed by atoms with van der Waals surface area (Å²) in [4.78, 5) is 40.0. The summed E-state index contributed by atoms with van der Waals surface area (Å²) in [5.74, 6) is -0.318. The fraction of sp³-hybridized carbons (Fsp3) is 0.571. The maximum atomic E-state index is 12.7. The molecule has 2 amide bonds. The summed E-state index contributed by atoms with van der Waals surface area (Å²) < 4.78 is 10.2. The molecule has 0 saturated carbocycles. The van der Waals surface area contributed by atoms with E-state index in [1.165, 1.54) is 7.11 Å². The quantitative estimate of drug-likeness (QED) is 0.727. The average molecular weight is 388 g/mol. The van der Waals surface area contributed by atoms with Crippen LogP contribution in [-0.2, 0) is 14.3 Å². The number of methoxy groups -OCH3 is 1. The minimum absolute atomic E-state index is 0.0801. The molecule has 0 aromatic heterocycles. The van der Waals surface area contributed by atoms with Crippen LogP contribution >= 0.6 is 0 Å². The van der Waals surface area contributed by atoms with Gasteiger partial charge in [0.15, 0.2) is 0 Å². The van der Waals surface area contributed by atoms with E-state index in [0.717, 1.165) is 18.5 Å². The summed E-state index contributed by atoms with van der Waals surface area (Å²) in [6, 6.07) is 6.90. The molecular formula is C21H28N2O5. The second-order valence-corrected chi connectivity index (χ2v) is 8.66. The van der Waals surface area contributed by atoms with Gasteiger partial charge < -0.3 is 19.3 Å². The Labute approximate surface area is 165 Å². The van der Waals surface area contributed by atoms with Gasteiger partial charge in [0.1, 0.15) is 5.60 Å². The summed E-state index contributed by atoms with van der Waals surface area (Å²) in [5, 5.41) is 0. The number of hydrogen-bond donors (Lipinski definition) is 0. The molecule has 2 aliphatic rings. The number of likely N-dealkylation sites (tertiary alicyclic amines) is 1. The number of amides is 2. The van der Waals surface area contributed by atoms with Crippen LogP contribution in [0.1, 0.15) is 50.4 Å². The van der Waals surface area contributed by atoms with Gasteiger partial charge >= 0.3 is 12.1 Å². The van der Waals surface area contributed by atoms with Crippen molar-refractivity contribution >= 4 is 23.7 Å². The van der Waals surface area contributed by atoms with Crippen LogP contribution in [0.2, 0.25) is 0 Å². The summed E-state index contributed by atoms with van der Waals surface area (Å²) in [6.07, 6.45) is 1.74. The fourth-order valence-electron chi connectivity index (χ4n) is 3.85. The van der Waals surface area contributed by atoms with Crippen molar-refractivity contribution in [1.29, 1.82) is 0 Å². The third-order valence-corrected chi connectivity index (χ3v) is 5.40. The van der Waals surface area contributed by atoms with Crippen LogP contribution in [0, 0.1) is 5.41 Å². The predicted octanol–water partition coefficient (Wildman–Crippen LogP) is 3.23. The van der Waals surface area contributed by atoms with Gasteiger partial charge in [-0.3, -0.25) is 4.79 Å². The van der Waals surface area contributed by atoms with Gasteiger partial charge in [-0.15, -0.1) is 0 Å². The Bertz CT molecular complexity index is 758. The lowest BCUT2D eigenvalue weighted by molar-refractivity contribution is -0.118. The zero-order valence-electron chi connectivity index (χ0n) is 17.0. The zero-order chi connectivity index (χ0) is 20.5. The molecule has 2 heterocycles. The molecule has 7 nitrogen and oxygen atoms in total. The van der Waals surface area contributed by atoms with Crippen molar-refractivity contribution in [2.75, 3.05) is 31.6 Å². The Morgan fingerprint density at radius 3 is 2.21 bits per heavy atom. The number of esters is 1. The van der Waals surface area contributed by atoms with Crippen LogP contribution in [0.4, 0.5) is 10.5 Å². The van der Waals surface area contributed by atoms with Gasteiger partial charge in [-0.25, -0.2) is 9.59 Å². The first-order valence-corrected chi connectivity index (χ1v) is 9.59. The number of benzene rings is 1. The summed E-state index contributed by atoms with van der Waals surface area (Å²) in [5.41, 5.74) is 0.613. The van der Waals surface area contributed by atoms with Gasteiger partial charge in [-0.2, -0.15) is 0 Å². The Balaban J connectivity index is 1.63. The molecule has 0 aliphatic carbocycles. The van der Waals surface area contributed by atoms with Gasteiger partial charge in [0.25, 0.3) is 0 Å². The number of anilines is 1. The normalized spacial score (nSPS) is 19.1. The molecule has 2 saturated heterocycles. The molecule has 28 heavy (non-hydrogen) atoms. The summed E-state index contributed by atoms with van der Waals surface area (Å²) >= 11 is 0. The molecule has 0 radical (unpaired) electrons. The Hall–Kier alpha value is -2.57. The summed E-state index contributed by atoms with van der Waals surface area (Å²) in [6.45, 7) is 7.39. The zero-order valence-corrected chi connectivity index (χ0v) is 17.0. The third kappa shape index (κ3) is 4.29. The number of piperidine rings is 1. The second kappa shape index (κ2) is 7.45. The molecule has 2 aliphatic heterocycles. The van der Waals surface area contributed by atoms with Gasteiger partial charge in [0, 0.05) is 37.2 Å². The molecular weight excluding hydrogens is 360 g/mol. The number of nitrogens with zero attached hydrogens (tertiary/aromatic N) is 2. The van der Waals surface area contributed by atoms with Crippen molar-refractivity contribution in [3.05, 3.63) is 29.8 Å². The lowest BCUT2D eigenvalue weighted by Crippen LogP contribution is -2.46. The molecule has 0 N–H and O–H groups in total. The first-order valence-electron chi connectivity index (χ1n) is 9.59. The maximum absolute atomic E-state index is 12.7. The molecule has 0 bridgehead atoms. The predicted molar refractivity (Wildman–Crippen MR) is 104 cm³/mol. The number of rotatable bonds is 2. The van der Waals surface area contributed by atoms with Crippen molar-refractivity contribution in [1.82, 2.24) is 4.90 Å². The topological polar surface area (TPSA) is 76.2 Å². The second-order valence-electron chi connectivity index (χ2n) is 8.66. The van der Waals surface area contributed by atoms with Crippen molar-refractivity contribution in [3.8, 4) is 0 Å². The van der Waals surface area contributed by atoms with Crippen LogP contribution in [0.3, 0.4) is 0 Å². The number of ether oxygens (including phenoxy) is 2. The monoisotopic (exact) mass is 388 g/mol. The van der Waals surface area contributed by atoms with E-state index in [-0.39, 0.29) is 17.4 Å². The van der Waals surface area contributed by atoms with E-state index in [4.69, 9.17) is 9.47 Å². The molecule has 3 rings (SSSR count). The lowest BCUT2D eigenvalue weighted by Gasteiger charge is -2.39. The first kappa shape index (κ1) is 20.2. The van der Waals surface area contributed by atoms with E-state index in [1.807, 2.05) is 20.8 Å². The van der Waals surface area contributed by atoms with E-state index in [9.17, 15) is 14.4 Å². The minimum atomic E-state index is -0.511. The largest absolute Gasteiger partial charge is 0.465 e. The van der Waals surface area contributed by atoms with Crippen LogP contribution < -0.4 is 4.90 Å². The number of hydrogen-bond acceptors (Lipinski definition) is 5. The smallest absolute Gasteiger partial charge is 0.410 e. The van der Waals surface area contributed by atoms with E-state index in [1.54, 1.807) is 34.1 Å².